The Labute approximate surface area is 258 Å². The molecule has 6 aromatic carbocycles. The third-order valence-electron chi connectivity index (χ3n) is 7.24. The van der Waals surface area contributed by atoms with Gasteiger partial charge in [-0.1, -0.05) is 72.8 Å². The molecular weight excluding hydrogens is 612 g/mol. The van der Waals surface area contributed by atoms with Gasteiger partial charge in [0.1, 0.15) is 11.4 Å². The number of hydrogen-bond donors (Lipinski definition) is 0. The maximum atomic E-state index is 15.9. The molecule has 2 nitrogen and oxygen atoms in total. The minimum atomic E-state index is -2.27. The summed E-state index contributed by atoms with van der Waals surface area (Å²) in [6.45, 7) is 0. The highest BCUT2D eigenvalue weighted by Gasteiger charge is 2.37. The van der Waals surface area contributed by atoms with Crippen molar-refractivity contribution in [2.45, 2.75) is 0 Å². The van der Waals surface area contributed by atoms with Gasteiger partial charge >= 0.3 is 0 Å². The van der Waals surface area contributed by atoms with E-state index in [2.05, 4.69) is 0 Å². The van der Waals surface area contributed by atoms with Crippen molar-refractivity contribution in [1.29, 1.82) is 0 Å². The number of halogens is 8. The second-order valence-corrected chi connectivity index (χ2v) is 9.97. The highest BCUT2D eigenvalue weighted by atomic mass is 19.2. The van der Waals surface area contributed by atoms with Crippen LogP contribution in [0.1, 0.15) is 0 Å². The van der Waals surface area contributed by atoms with E-state index in [4.69, 9.17) is 0 Å². The van der Waals surface area contributed by atoms with E-state index in [1.165, 1.54) is 97.1 Å². The minimum Gasteiger partial charge on any atom is -0.305 e. The van der Waals surface area contributed by atoms with Gasteiger partial charge in [-0.3, -0.25) is 0 Å². The van der Waals surface area contributed by atoms with Gasteiger partial charge in [-0.2, -0.15) is 0 Å². The van der Waals surface area contributed by atoms with Crippen molar-refractivity contribution in [2.24, 2.45) is 0 Å². The maximum Gasteiger partial charge on any atom is 0.186 e. The zero-order valence-corrected chi connectivity index (χ0v) is 23.5. The highest BCUT2D eigenvalue weighted by molar-refractivity contribution is 5.82. The summed E-state index contributed by atoms with van der Waals surface area (Å²) in [5.74, 6) is -17.3. The van der Waals surface area contributed by atoms with Gasteiger partial charge in [-0.25, -0.2) is 35.1 Å². The summed E-state index contributed by atoms with van der Waals surface area (Å²) in [7, 11) is 0. The Balaban J connectivity index is 1.59. The van der Waals surface area contributed by atoms with Gasteiger partial charge in [0.25, 0.3) is 0 Å². The maximum absolute atomic E-state index is 15.9. The normalized spacial score (nSPS) is 11.0. The molecule has 6 aromatic rings. The molecule has 0 aliphatic carbocycles. The Kier molecular flexibility index (Phi) is 8.19. The summed E-state index contributed by atoms with van der Waals surface area (Å²) in [5.41, 5.74) is -6.09. The van der Waals surface area contributed by atoms with Gasteiger partial charge in [0.2, 0.25) is 0 Å². The monoisotopic (exact) mass is 632 g/mol. The third kappa shape index (κ3) is 5.11. The average Bonchev–Trinajstić information content (AvgIpc) is 3.10. The molecule has 0 bridgehead atoms. The van der Waals surface area contributed by atoms with Crippen LogP contribution in [0.4, 0.5) is 69.2 Å². The van der Waals surface area contributed by atoms with Gasteiger partial charge in [0.15, 0.2) is 46.5 Å². The third-order valence-corrected chi connectivity index (χ3v) is 7.24. The molecule has 6 rings (SSSR count). The average molecular weight is 633 g/mol. The fourth-order valence-electron chi connectivity index (χ4n) is 5.19. The number of nitrogens with zero attached hydrogens (tertiary/aromatic N) is 2. The molecule has 46 heavy (non-hydrogen) atoms. The predicted molar refractivity (Wildman–Crippen MR) is 161 cm³/mol. The molecule has 0 fully saturated rings. The number of para-hydroxylation sites is 4. The van der Waals surface area contributed by atoms with Crippen molar-refractivity contribution in [3.05, 3.63) is 168 Å². The van der Waals surface area contributed by atoms with Crippen LogP contribution in [0, 0.1) is 46.5 Å². The van der Waals surface area contributed by atoms with E-state index in [1.807, 2.05) is 0 Å². The molecule has 0 saturated heterocycles. The molecule has 0 heterocycles. The Hall–Kier alpha value is -5.64. The van der Waals surface area contributed by atoms with Gasteiger partial charge in [-0.15, -0.1) is 0 Å². The predicted octanol–water partition coefficient (Wildman–Crippen LogP) is 11.4. The molecule has 0 N–H and O–H groups in total. The molecule has 0 spiro atoms. The van der Waals surface area contributed by atoms with Crippen LogP contribution >= 0.6 is 0 Å². The van der Waals surface area contributed by atoms with E-state index in [1.54, 1.807) is 24.3 Å². The lowest BCUT2D eigenvalue weighted by Crippen LogP contribution is -2.18. The summed E-state index contributed by atoms with van der Waals surface area (Å²) in [5, 5.41) is 0. The van der Waals surface area contributed by atoms with E-state index >= 15 is 35.1 Å². The molecule has 0 aliphatic rings. The van der Waals surface area contributed by atoms with Crippen molar-refractivity contribution in [3.8, 4) is 11.1 Å². The minimum absolute atomic E-state index is 0.0822. The fraction of sp³-hybridized carbons (Fsp3) is 0. The quantitative estimate of drug-likeness (QED) is 0.128. The summed E-state index contributed by atoms with van der Waals surface area (Å²) in [6, 6.07) is 29.7. The molecule has 0 atom stereocenters. The van der Waals surface area contributed by atoms with Gasteiger partial charge in [-0.05, 0) is 48.5 Å². The van der Waals surface area contributed by atoms with E-state index in [0.717, 1.165) is 9.80 Å². The molecule has 0 radical (unpaired) electrons. The van der Waals surface area contributed by atoms with Crippen molar-refractivity contribution in [3.63, 3.8) is 0 Å². The first-order valence-corrected chi connectivity index (χ1v) is 13.7. The molecule has 10 heteroatoms. The van der Waals surface area contributed by atoms with E-state index in [-0.39, 0.29) is 22.7 Å². The molecule has 0 aliphatic heterocycles. The first kappa shape index (κ1) is 30.4. The standard InChI is InChI=1S/C36H20F8N2/c37-27-25(28(38)32(42)35(31(27)41)45(21-13-5-1-6-14-21)22-15-7-2-8-16-22)26-29(39)33(43)36(34(44)30(26)40)46(23-17-9-3-10-18-23)24-19-11-4-12-20-24/h1-20H. The van der Waals surface area contributed by atoms with Gasteiger partial charge in [0.05, 0.1) is 11.1 Å². The molecule has 0 unspecified atom stereocenters. The number of rotatable bonds is 7. The second-order valence-electron chi connectivity index (χ2n) is 9.97. The summed E-state index contributed by atoms with van der Waals surface area (Å²) >= 11 is 0. The van der Waals surface area contributed by atoms with Crippen molar-refractivity contribution in [1.82, 2.24) is 0 Å². The van der Waals surface area contributed by atoms with Crippen molar-refractivity contribution in [2.75, 3.05) is 9.80 Å². The van der Waals surface area contributed by atoms with Crippen LogP contribution in [0.25, 0.3) is 11.1 Å². The Morgan fingerprint density at radius 1 is 0.261 bits per heavy atom. The van der Waals surface area contributed by atoms with Crippen LogP contribution in [0.3, 0.4) is 0 Å². The topological polar surface area (TPSA) is 6.48 Å². The van der Waals surface area contributed by atoms with E-state index in [9.17, 15) is 0 Å². The summed E-state index contributed by atoms with van der Waals surface area (Å²) in [4.78, 5) is 1.71. The first-order chi connectivity index (χ1) is 22.2. The zero-order valence-electron chi connectivity index (χ0n) is 23.5. The van der Waals surface area contributed by atoms with Crippen LogP contribution in [0.2, 0.25) is 0 Å². The number of anilines is 6. The smallest absolute Gasteiger partial charge is 0.186 e. The summed E-state index contributed by atoms with van der Waals surface area (Å²) < 4.78 is 127. The van der Waals surface area contributed by atoms with Crippen LogP contribution in [-0.2, 0) is 0 Å². The lowest BCUT2D eigenvalue weighted by Gasteiger charge is -2.28. The highest BCUT2D eigenvalue weighted by Crippen LogP contribution is 2.47. The van der Waals surface area contributed by atoms with Crippen LogP contribution in [0.5, 0.6) is 0 Å². The molecular formula is C36H20F8N2. The van der Waals surface area contributed by atoms with Crippen molar-refractivity contribution < 1.29 is 35.1 Å². The van der Waals surface area contributed by atoms with Crippen LogP contribution < -0.4 is 9.80 Å². The molecule has 0 aromatic heterocycles. The van der Waals surface area contributed by atoms with E-state index in [0.29, 0.717) is 0 Å². The largest absolute Gasteiger partial charge is 0.305 e. The number of benzene rings is 6. The SMILES string of the molecule is Fc1c(F)c(N(c2ccccc2)c2ccccc2)c(F)c(F)c1-c1c(F)c(F)c(N(c2ccccc2)c2ccccc2)c(F)c1F. The first-order valence-electron chi connectivity index (χ1n) is 13.7. The lowest BCUT2D eigenvalue weighted by molar-refractivity contribution is 0.444. The molecule has 230 valence electrons. The second kappa shape index (κ2) is 12.4. The van der Waals surface area contributed by atoms with Crippen LogP contribution in [-0.4, -0.2) is 0 Å². The number of hydrogen-bond acceptors (Lipinski definition) is 2. The Morgan fingerprint density at radius 3 is 0.652 bits per heavy atom. The zero-order chi connectivity index (χ0) is 32.5. The van der Waals surface area contributed by atoms with Gasteiger partial charge in [0, 0.05) is 22.7 Å². The summed E-state index contributed by atoms with van der Waals surface area (Å²) in [6.07, 6.45) is 0. The van der Waals surface area contributed by atoms with Gasteiger partial charge < -0.3 is 9.80 Å². The molecule has 0 amide bonds. The fourth-order valence-corrected chi connectivity index (χ4v) is 5.19. The van der Waals surface area contributed by atoms with Crippen LogP contribution in [0.15, 0.2) is 121 Å². The molecule has 0 saturated carbocycles. The lowest BCUT2D eigenvalue weighted by atomic mass is 9.99. The van der Waals surface area contributed by atoms with E-state index < -0.39 is 69.0 Å². The Bertz CT molecular complexity index is 1740. The Morgan fingerprint density at radius 2 is 0.457 bits per heavy atom. The van der Waals surface area contributed by atoms with Crippen molar-refractivity contribution >= 4 is 34.1 Å².